The number of piperidine rings is 1. The Morgan fingerprint density at radius 2 is 1.86 bits per heavy atom. The van der Waals surface area contributed by atoms with E-state index >= 15 is 0 Å². The van der Waals surface area contributed by atoms with Crippen LogP contribution >= 0.6 is 0 Å². The molecule has 0 bridgehead atoms. The first-order valence-corrected chi connectivity index (χ1v) is 15.5. The molecule has 2 aromatic heterocycles. The summed E-state index contributed by atoms with van der Waals surface area (Å²) in [6.07, 6.45) is 4.98. The number of anilines is 1. The predicted molar refractivity (Wildman–Crippen MR) is 159 cm³/mol. The van der Waals surface area contributed by atoms with Crippen LogP contribution in [0.25, 0.3) is 21.9 Å². The second-order valence-electron chi connectivity index (χ2n) is 10.5. The monoisotopic (exact) mass is 605 g/mol. The number of carboxylic acids is 1. The molecule has 0 aliphatic carbocycles. The van der Waals surface area contributed by atoms with Crippen LogP contribution in [-0.4, -0.2) is 83.1 Å². The zero-order valence-electron chi connectivity index (χ0n) is 23.2. The minimum absolute atomic E-state index is 0.00275. The Morgan fingerprint density at radius 1 is 1.07 bits per heavy atom. The number of benzene rings is 2. The molecule has 2 aliphatic heterocycles. The maximum absolute atomic E-state index is 13.3. The Balaban J connectivity index is 1.17. The van der Waals surface area contributed by atoms with Gasteiger partial charge in [-0.05, 0) is 30.7 Å². The lowest BCUT2D eigenvalue weighted by Crippen LogP contribution is -2.48. The maximum atomic E-state index is 13.3. The number of aromatic nitrogens is 4. The molecule has 0 unspecified atom stereocenters. The number of hydrogen-bond donors (Lipinski definition) is 4. The van der Waals surface area contributed by atoms with Gasteiger partial charge in [0.05, 0.1) is 17.8 Å². The first-order valence-electron chi connectivity index (χ1n) is 14.0. The van der Waals surface area contributed by atoms with Crippen molar-refractivity contribution >= 4 is 55.6 Å². The fraction of sp³-hybridized carbons (Fsp3) is 0.357. The van der Waals surface area contributed by atoms with E-state index in [1.165, 1.54) is 23.3 Å². The van der Waals surface area contributed by atoms with Gasteiger partial charge in [0.15, 0.2) is 22.9 Å². The largest absolute Gasteiger partial charge is 0.480 e. The average Bonchev–Trinajstić information content (AvgIpc) is 3.43. The number of aliphatic carboxylic acids is 1. The maximum Gasteiger partial charge on any atom is 0.323 e. The highest BCUT2D eigenvalue weighted by Crippen LogP contribution is 2.27. The van der Waals surface area contributed by atoms with E-state index in [0.29, 0.717) is 60.8 Å². The number of hydrogen-bond acceptors (Lipinski definition) is 10. The molecule has 6 rings (SSSR count). The van der Waals surface area contributed by atoms with Gasteiger partial charge >= 0.3 is 5.97 Å². The third-order valence-corrected chi connectivity index (χ3v) is 9.23. The van der Waals surface area contributed by atoms with Crippen LogP contribution in [0.5, 0.6) is 0 Å². The van der Waals surface area contributed by atoms with Gasteiger partial charge in [-0.15, -0.1) is 0 Å². The van der Waals surface area contributed by atoms with Crippen molar-refractivity contribution in [3.63, 3.8) is 0 Å². The van der Waals surface area contributed by atoms with E-state index in [1.54, 1.807) is 36.4 Å². The third-order valence-electron chi connectivity index (χ3n) is 7.70. The van der Waals surface area contributed by atoms with Crippen molar-refractivity contribution in [3.8, 4) is 0 Å². The molecular formula is C28H31N9O5S. The number of carbonyl (C=O) groups is 2. The highest BCUT2D eigenvalue weighted by molar-refractivity contribution is 7.89. The van der Waals surface area contributed by atoms with Gasteiger partial charge in [0.25, 0.3) is 0 Å². The summed E-state index contributed by atoms with van der Waals surface area (Å²) in [6.45, 7) is 2.38. The molecule has 15 heteroatoms. The van der Waals surface area contributed by atoms with E-state index in [1.807, 2.05) is 4.90 Å². The number of amides is 1. The normalized spacial score (nSPS) is 16.9. The Hall–Kier alpha value is -4.63. The lowest BCUT2D eigenvalue weighted by molar-refractivity contribution is -0.139. The van der Waals surface area contributed by atoms with Gasteiger partial charge in [0, 0.05) is 37.5 Å². The van der Waals surface area contributed by atoms with Crippen molar-refractivity contribution in [1.29, 1.82) is 0 Å². The van der Waals surface area contributed by atoms with E-state index in [4.69, 9.17) is 0 Å². The first kappa shape index (κ1) is 28.5. The Kier molecular flexibility index (Phi) is 7.90. The van der Waals surface area contributed by atoms with Gasteiger partial charge in [-0.1, -0.05) is 36.4 Å². The van der Waals surface area contributed by atoms with E-state index in [2.05, 4.69) is 35.3 Å². The summed E-state index contributed by atoms with van der Waals surface area (Å²) in [5.41, 5.74) is 0.842. The van der Waals surface area contributed by atoms with Crippen LogP contribution in [0.4, 0.5) is 5.82 Å². The molecule has 1 saturated heterocycles. The molecule has 1 amide bonds. The number of carboxylic acid groups (broad SMARTS) is 1. The average molecular weight is 606 g/mol. The minimum atomic E-state index is -4.18. The Labute approximate surface area is 247 Å². The molecule has 0 spiro atoms. The summed E-state index contributed by atoms with van der Waals surface area (Å²) in [5.74, 6) is -0.459. The van der Waals surface area contributed by atoms with Gasteiger partial charge in [-0.25, -0.2) is 23.4 Å². The summed E-state index contributed by atoms with van der Waals surface area (Å²) in [7, 11) is -4.18. The van der Waals surface area contributed by atoms with E-state index in [-0.39, 0.29) is 23.3 Å². The summed E-state index contributed by atoms with van der Waals surface area (Å²) < 4.78 is 30.5. The van der Waals surface area contributed by atoms with Gasteiger partial charge in [-0.2, -0.15) is 4.72 Å². The summed E-state index contributed by atoms with van der Waals surface area (Å²) in [4.78, 5) is 44.5. The second-order valence-corrected chi connectivity index (χ2v) is 12.2. The van der Waals surface area contributed by atoms with E-state index in [9.17, 15) is 23.1 Å². The number of fused-ring (bicyclic) bond motifs is 2. The predicted octanol–water partition coefficient (Wildman–Crippen LogP) is 1.09. The van der Waals surface area contributed by atoms with Crippen LogP contribution in [0.3, 0.4) is 0 Å². The van der Waals surface area contributed by atoms with Gasteiger partial charge in [-0.3, -0.25) is 19.9 Å². The van der Waals surface area contributed by atoms with Crippen molar-refractivity contribution in [2.45, 2.75) is 36.7 Å². The standard InChI is InChI=1S/C28H31N9O5S/c38-26(34-28-29-11-4-12-30-28)19-9-13-36(14-10-19)24-23-25(32-16-31-24)37(17-33-23)15-21(27(39)40)35-43(41,42)22-8-3-6-18-5-1-2-7-20(18)22/h1-3,5-8,16-17,19,21,35H,4,9-15H2,(H,39,40)(H2,29,30,34,38)/t21-/m0/s1. The minimum Gasteiger partial charge on any atom is -0.480 e. The highest BCUT2D eigenvalue weighted by atomic mass is 32.2. The molecule has 4 aromatic rings. The smallest absolute Gasteiger partial charge is 0.323 e. The Bertz CT molecular complexity index is 1810. The van der Waals surface area contributed by atoms with Crippen LogP contribution in [0, 0.1) is 5.92 Å². The number of carbonyl (C=O) groups excluding carboxylic acids is 1. The third kappa shape index (κ3) is 5.99. The number of nitrogens with one attached hydrogen (secondary N) is 3. The first-order chi connectivity index (χ1) is 20.8. The van der Waals surface area contributed by atoms with Gasteiger partial charge in [0.1, 0.15) is 12.4 Å². The lowest BCUT2D eigenvalue weighted by atomic mass is 9.96. The molecule has 0 radical (unpaired) electrons. The molecule has 224 valence electrons. The second kappa shape index (κ2) is 11.9. The van der Waals surface area contributed by atoms with Crippen molar-refractivity contribution < 1.29 is 23.1 Å². The van der Waals surface area contributed by atoms with E-state index < -0.39 is 22.0 Å². The summed E-state index contributed by atoms with van der Waals surface area (Å²) in [6, 6.07) is 10.4. The topological polar surface area (TPSA) is 184 Å². The summed E-state index contributed by atoms with van der Waals surface area (Å²) in [5, 5.41) is 17.2. The molecule has 4 heterocycles. The van der Waals surface area contributed by atoms with Crippen molar-refractivity contribution in [2.24, 2.45) is 10.9 Å². The fourth-order valence-corrected chi connectivity index (χ4v) is 6.88. The Morgan fingerprint density at radius 3 is 2.63 bits per heavy atom. The zero-order chi connectivity index (χ0) is 30.0. The molecule has 2 aliphatic rings. The number of imidazole rings is 1. The number of guanidine groups is 1. The molecule has 0 saturated carbocycles. The van der Waals surface area contributed by atoms with Gasteiger partial charge in [0.2, 0.25) is 15.9 Å². The van der Waals surface area contributed by atoms with Crippen molar-refractivity contribution in [3.05, 3.63) is 55.1 Å². The molecule has 43 heavy (non-hydrogen) atoms. The van der Waals surface area contributed by atoms with Crippen LogP contribution in [-0.2, 0) is 26.2 Å². The number of aliphatic imine (C=N–C) groups is 1. The van der Waals surface area contributed by atoms with Crippen LogP contribution in [0.2, 0.25) is 0 Å². The number of nitrogens with zero attached hydrogens (tertiary/aromatic N) is 6. The van der Waals surface area contributed by atoms with Crippen molar-refractivity contribution in [1.82, 2.24) is 34.9 Å². The fourth-order valence-electron chi connectivity index (χ4n) is 5.47. The molecule has 1 atom stereocenters. The van der Waals surface area contributed by atoms with Crippen LogP contribution in [0.1, 0.15) is 19.3 Å². The molecule has 4 N–H and O–H groups in total. The van der Waals surface area contributed by atoms with Crippen molar-refractivity contribution in [2.75, 3.05) is 31.1 Å². The van der Waals surface area contributed by atoms with Crippen LogP contribution in [0.15, 0.2) is 65.0 Å². The lowest BCUT2D eigenvalue weighted by Gasteiger charge is -2.32. The van der Waals surface area contributed by atoms with E-state index in [0.717, 1.165) is 18.4 Å². The molecule has 14 nitrogen and oxygen atoms in total. The molecule has 2 aromatic carbocycles. The summed E-state index contributed by atoms with van der Waals surface area (Å²) >= 11 is 0. The molecule has 1 fully saturated rings. The number of rotatable bonds is 8. The SMILES string of the molecule is O=C(NC1=NCCCN1)C1CCN(c2ncnc3c2ncn3C[C@H](NS(=O)(=O)c2cccc3ccccc23)C(=O)O)CC1. The quantitative estimate of drug-likeness (QED) is 0.227. The highest BCUT2D eigenvalue weighted by Gasteiger charge is 2.30. The zero-order valence-corrected chi connectivity index (χ0v) is 24.0. The number of sulfonamides is 1. The van der Waals surface area contributed by atoms with Gasteiger partial charge < -0.3 is 19.9 Å². The molecular weight excluding hydrogens is 574 g/mol. The van der Waals surface area contributed by atoms with Crippen LogP contribution < -0.4 is 20.3 Å².